The molecule has 0 aromatic carbocycles. The van der Waals surface area contributed by atoms with Gasteiger partial charge in [-0.15, -0.1) is 0 Å². The predicted molar refractivity (Wildman–Crippen MR) is 97.4 cm³/mol. The first-order valence-corrected chi connectivity index (χ1v) is 10.9. The highest BCUT2D eigenvalue weighted by atomic mass is 31.1. The molecule has 0 aliphatic carbocycles. The number of hydrogen-bond donors (Lipinski definition) is 1. The summed E-state index contributed by atoms with van der Waals surface area (Å²) in [4.78, 5) is 11.5. The predicted octanol–water partition coefficient (Wildman–Crippen LogP) is 5.15. The topological polar surface area (TPSA) is 55.8 Å². The van der Waals surface area contributed by atoms with E-state index in [2.05, 4.69) is 55.4 Å². The van der Waals surface area contributed by atoms with Crippen LogP contribution in [0.3, 0.4) is 0 Å². The van der Waals surface area contributed by atoms with E-state index in [0.29, 0.717) is 22.6 Å². The van der Waals surface area contributed by atoms with Gasteiger partial charge in [0.05, 0.1) is 13.2 Å². The zero-order valence-electron chi connectivity index (χ0n) is 15.4. The van der Waals surface area contributed by atoms with E-state index >= 15 is 0 Å². The van der Waals surface area contributed by atoms with Gasteiger partial charge >= 0.3 is 5.97 Å². The molecule has 0 spiro atoms. The minimum atomic E-state index is -0.829. The van der Waals surface area contributed by atoms with Gasteiger partial charge in [-0.25, -0.2) is 0 Å². The standard InChI is InChI=1S/C16H34O4P2/c1-11(2)21(12(3)4)19-9-15(16(17)18)10-20-22(13(5)6)14(7)8/h11-15H,9-10H2,1-8H3,(H,17,18). The van der Waals surface area contributed by atoms with Crippen molar-refractivity contribution in [3.05, 3.63) is 0 Å². The molecule has 0 saturated heterocycles. The van der Waals surface area contributed by atoms with Gasteiger partial charge in [0.25, 0.3) is 0 Å². The maximum Gasteiger partial charge on any atom is 0.311 e. The molecule has 0 unspecified atom stereocenters. The zero-order valence-corrected chi connectivity index (χ0v) is 17.2. The van der Waals surface area contributed by atoms with Gasteiger partial charge < -0.3 is 14.2 Å². The second-order valence-corrected chi connectivity index (χ2v) is 12.8. The van der Waals surface area contributed by atoms with Crippen LogP contribution in [0.15, 0.2) is 0 Å². The zero-order chi connectivity index (χ0) is 17.4. The minimum absolute atomic E-state index is 0.247. The second kappa shape index (κ2) is 10.9. The molecule has 0 saturated carbocycles. The van der Waals surface area contributed by atoms with Crippen molar-refractivity contribution in [2.24, 2.45) is 5.92 Å². The van der Waals surface area contributed by atoms with E-state index in [0.717, 1.165) is 0 Å². The van der Waals surface area contributed by atoms with Crippen LogP contribution in [-0.2, 0) is 13.8 Å². The summed E-state index contributed by atoms with van der Waals surface area (Å²) >= 11 is 0. The number of aliphatic carboxylic acids is 1. The molecule has 0 aliphatic rings. The van der Waals surface area contributed by atoms with E-state index in [1.165, 1.54) is 0 Å². The SMILES string of the molecule is CC(C)P(OCC(COP(C(C)C)C(C)C)C(=O)O)C(C)C. The third kappa shape index (κ3) is 8.20. The molecule has 0 aromatic rings. The van der Waals surface area contributed by atoms with Crippen molar-refractivity contribution in [2.75, 3.05) is 13.2 Å². The fourth-order valence-corrected chi connectivity index (χ4v) is 6.61. The molecular formula is C16H34O4P2. The van der Waals surface area contributed by atoms with Gasteiger partial charge in [-0.05, 0) is 22.6 Å². The molecule has 22 heavy (non-hydrogen) atoms. The number of carboxylic acid groups (broad SMARTS) is 1. The van der Waals surface area contributed by atoms with Crippen molar-refractivity contribution in [1.82, 2.24) is 0 Å². The van der Waals surface area contributed by atoms with Gasteiger partial charge in [0.15, 0.2) is 0 Å². The monoisotopic (exact) mass is 352 g/mol. The molecule has 1 N–H and O–H groups in total. The normalized spacial score (nSPS) is 12.9. The lowest BCUT2D eigenvalue weighted by Crippen LogP contribution is -2.25. The Labute approximate surface area is 139 Å². The Kier molecular flexibility index (Phi) is 11.0. The molecule has 0 heterocycles. The molecule has 0 aliphatic heterocycles. The van der Waals surface area contributed by atoms with E-state index in [4.69, 9.17) is 9.05 Å². The largest absolute Gasteiger partial charge is 0.481 e. The van der Waals surface area contributed by atoms with Gasteiger partial charge in [-0.2, -0.15) is 0 Å². The Morgan fingerprint density at radius 3 is 1.23 bits per heavy atom. The van der Waals surface area contributed by atoms with Gasteiger partial charge in [-0.1, -0.05) is 55.4 Å². The highest BCUT2D eigenvalue weighted by Gasteiger charge is 2.26. The molecule has 6 heteroatoms. The molecule has 0 amide bonds. The van der Waals surface area contributed by atoms with Crippen LogP contribution in [0.25, 0.3) is 0 Å². The Balaban J connectivity index is 4.58. The van der Waals surface area contributed by atoms with Crippen LogP contribution in [0.5, 0.6) is 0 Å². The van der Waals surface area contributed by atoms with Gasteiger partial charge in [0.1, 0.15) is 5.92 Å². The number of hydrogen-bond acceptors (Lipinski definition) is 3. The second-order valence-electron chi connectivity index (χ2n) is 6.72. The molecule has 0 fully saturated rings. The van der Waals surface area contributed by atoms with Gasteiger partial charge in [-0.3, -0.25) is 4.79 Å². The molecular weight excluding hydrogens is 318 g/mol. The summed E-state index contributed by atoms with van der Waals surface area (Å²) in [6.07, 6.45) is 0. The molecule has 0 aromatic heterocycles. The third-order valence-electron chi connectivity index (χ3n) is 3.23. The summed E-state index contributed by atoms with van der Waals surface area (Å²) < 4.78 is 11.9. The lowest BCUT2D eigenvalue weighted by molar-refractivity contribution is -0.143. The summed E-state index contributed by atoms with van der Waals surface area (Å²) in [5.41, 5.74) is 1.75. The summed E-state index contributed by atoms with van der Waals surface area (Å²) in [7, 11) is -1.20. The van der Waals surface area contributed by atoms with Crippen LogP contribution in [0.2, 0.25) is 0 Å². The highest BCUT2D eigenvalue weighted by molar-refractivity contribution is 7.54. The number of carbonyl (C=O) groups is 1. The quantitative estimate of drug-likeness (QED) is 0.523. The first-order chi connectivity index (χ1) is 10.1. The summed E-state index contributed by atoms with van der Waals surface area (Å²) in [6, 6.07) is 0. The van der Waals surface area contributed by atoms with Crippen molar-refractivity contribution in [3.8, 4) is 0 Å². The Bertz CT molecular complexity index is 279. The van der Waals surface area contributed by atoms with Crippen molar-refractivity contribution >= 4 is 22.3 Å². The lowest BCUT2D eigenvalue weighted by Gasteiger charge is -2.29. The average Bonchev–Trinajstić information content (AvgIpc) is 2.34. The van der Waals surface area contributed by atoms with Gasteiger partial charge in [0, 0.05) is 16.3 Å². The van der Waals surface area contributed by atoms with Crippen LogP contribution in [0, 0.1) is 5.92 Å². The van der Waals surface area contributed by atoms with E-state index < -0.39 is 28.2 Å². The fourth-order valence-electron chi connectivity index (χ4n) is 2.33. The summed E-state index contributed by atoms with van der Waals surface area (Å²) in [5.74, 6) is -1.41. The van der Waals surface area contributed by atoms with Crippen molar-refractivity contribution < 1.29 is 18.9 Å². The van der Waals surface area contributed by atoms with Crippen molar-refractivity contribution in [1.29, 1.82) is 0 Å². The van der Waals surface area contributed by atoms with Crippen LogP contribution in [0.4, 0.5) is 0 Å². The lowest BCUT2D eigenvalue weighted by atomic mass is 10.2. The smallest absolute Gasteiger partial charge is 0.311 e. The first kappa shape index (κ1) is 22.2. The number of carboxylic acids is 1. The van der Waals surface area contributed by atoms with Crippen LogP contribution in [0.1, 0.15) is 55.4 Å². The van der Waals surface area contributed by atoms with Crippen molar-refractivity contribution in [3.63, 3.8) is 0 Å². The molecule has 0 rings (SSSR count). The van der Waals surface area contributed by atoms with E-state index in [1.54, 1.807) is 0 Å². The first-order valence-electron chi connectivity index (χ1n) is 8.13. The van der Waals surface area contributed by atoms with E-state index in [1.807, 2.05) is 0 Å². The molecule has 0 radical (unpaired) electrons. The molecule has 0 atom stereocenters. The van der Waals surface area contributed by atoms with Crippen LogP contribution >= 0.6 is 16.3 Å². The Morgan fingerprint density at radius 1 is 0.773 bits per heavy atom. The van der Waals surface area contributed by atoms with E-state index in [9.17, 15) is 9.90 Å². The average molecular weight is 352 g/mol. The molecule has 132 valence electrons. The number of rotatable bonds is 11. The minimum Gasteiger partial charge on any atom is -0.481 e. The van der Waals surface area contributed by atoms with E-state index in [-0.39, 0.29) is 13.2 Å². The maximum absolute atomic E-state index is 11.5. The van der Waals surface area contributed by atoms with Gasteiger partial charge in [0.2, 0.25) is 0 Å². The summed E-state index contributed by atoms with van der Waals surface area (Å²) in [6.45, 7) is 17.6. The highest BCUT2D eigenvalue weighted by Crippen LogP contribution is 2.49. The van der Waals surface area contributed by atoms with Crippen LogP contribution in [-0.4, -0.2) is 46.9 Å². The molecule has 0 bridgehead atoms. The van der Waals surface area contributed by atoms with Crippen LogP contribution < -0.4 is 0 Å². The van der Waals surface area contributed by atoms with Crippen molar-refractivity contribution in [2.45, 2.75) is 78.0 Å². The Hall–Kier alpha value is 0.250. The third-order valence-corrected chi connectivity index (χ3v) is 8.20. The Morgan fingerprint density at radius 2 is 1.05 bits per heavy atom. The summed E-state index contributed by atoms with van der Waals surface area (Å²) in [5, 5.41) is 9.41. The molecule has 4 nitrogen and oxygen atoms in total. The maximum atomic E-state index is 11.5. The fraction of sp³-hybridized carbons (Fsp3) is 0.938.